The number of nitriles is 1. The molecule has 1 fully saturated rings. The van der Waals surface area contributed by atoms with Crippen molar-refractivity contribution >= 4 is 5.96 Å². The van der Waals surface area contributed by atoms with E-state index in [1.54, 1.807) is 13.1 Å². The van der Waals surface area contributed by atoms with Crippen LogP contribution in [-0.2, 0) is 15.3 Å². The molecule has 0 radical (unpaired) electrons. The molecule has 2 atom stereocenters. The van der Waals surface area contributed by atoms with Gasteiger partial charge in [0.2, 0.25) is 11.7 Å². The van der Waals surface area contributed by atoms with E-state index in [-0.39, 0.29) is 0 Å². The monoisotopic (exact) mass is 376 g/mol. The van der Waals surface area contributed by atoms with Gasteiger partial charge in [-0.05, 0) is 35.4 Å². The average Bonchev–Trinajstić information content (AvgIpc) is 3.26. The van der Waals surface area contributed by atoms with E-state index in [4.69, 9.17) is 25.0 Å². The molecule has 5 rings (SSSR count). The Kier molecular flexibility index (Phi) is 3.63. The fourth-order valence-electron chi connectivity index (χ4n) is 4.21. The van der Waals surface area contributed by atoms with E-state index in [1.165, 1.54) is 5.06 Å². The van der Waals surface area contributed by atoms with Crippen molar-refractivity contribution < 1.29 is 14.3 Å². The van der Waals surface area contributed by atoms with Crippen LogP contribution in [0.25, 0.3) is 11.1 Å². The fraction of sp³-hybridized carbons (Fsp3) is 0.333. The Morgan fingerprint density at radius 2 is 2.07 bits per heavy atom. The van der Waals surface area contributed by atoms with Gasteiger partial charge in [0.25, 0.3) is 0 Å². The van der Waals surface area contributed by atoms with Crippen molar-refractivity contribution in [2.24, 2.45) is 10.7 Å². The number of hydroxylamine groups is 2. The molecule has 3 heterocycles. The first-order valence-electron chi connectivity index (χ1n) is 9.23. The van der Waals surface area contributed by atoms with Crippen LogP contribution >= 0.6 is 0 Å². The molecule has 7 heteroatoms. The lowest BCUT2D eigenvalue weighted by Gasteiger charge is -2.42. The van der Waals surface area contributed by atoms with Gasteiger partial charge in [0.05, 0.1) is 30.4 Å². The zero-order valence-corrected chi connectivity index (χ0v) is 15.5. The van der Waals surface area contributed by atoms with Crippen LogP contribution in [0.4, 0.5) is 0 Å². The molecule has 0 aromatic heterocycles. The molecular formula is C21H20N4O3. The van der Waals surface area contributed by atoms with Crippen LogP contribution in [0.2, 0.25) is 0 Å². The van der Waals surface area contributed by atoms with Crippen molar-refractivity contribution in [3.63, 3.8) is 0 Å². The Hall–Kier alpha value is -3.08. The topological polar surface area (TPSA) is 93.1 Å². The quantitative estimate of drug-likeness (QED) is 0.822. The molecule has 7 nitrogen and oxygen atoms in total. The van der Waals surface area contributed by atoms with Crippen molar-refractivity contribution in [3.8, 4) is 22.9 Å². The third-order valence-corrected chi connectivity index (χ3v) is 5.59. The van der Waals surface area contributed by atoms with E-state index in [1.807, 2.05) is 36.4 Å². The van der Waals surface area contributed by atoms with Crippen molar-refractivity contribution in [3.05, 3.63) is 53.6 Å². The first-order valence-corrected chi connectivity index (χ1v) is 9.23. The molecule has 2 aromatic carbocycles. The number of nitrogens with zero attached hydrogens (tertiary/aromatic N) is 3. The zero-order valence-electron chi connectivity index (χ0n) is 15.5. The Balaban J connectivity index is 1.65. The molecule has 0 amide bonds. The van der Waals surface area contributed by atoms with Crippen LogP contribution in [0.3, 0.4) is 0 Å². The van der Waals surface area contributed by atoms with Gasteiger partial charge in [0, 0.05) is 19.9 Å². The molecular weight excluding hydrogens is 356 g/mol. The number of fused-ring (bicyclic) bond motifs is 2. The van der Waals surface area contributed by atoms with Crippen molar-refractivity contribution in [2.45, 2.75) is 24.2 Å². The molecule has 142 valence electrons. The summed E-state index contributed by atoms with van der Waals surface area (Å²) in [4.78, 5) is 10.9. The van der Waals surface area contributed by atoms with Crippen molar-refractivity contribution in [1.29, 1.82) is 5.26 Å². The summed E-state index contributed by atoms with van der Waals surface area (Å²) in [6.45, 7) is 1.15. The molecule has 0 bridgehead atoms. The van der Waals surface area contributed by atoms with Crippen molar-refractivity contribution in [1.82, 2.24) is 5.06 Å². The molecule has 0 saturated carbocycles. The second-order valence-electron chi connectivity index (χ2n) is 7.51. The summed E-state index contributed by atoms with van der Waals surface area (Å²) in [6, 6.07) is 15.6. The first kappa shape index (κ1) is 17.0. The van der Waals surface area contributed by atoms with Gasteiger partial charge in [-0.25, -0.2) is 14.9 Å². The number of rotatable bonds is 1. The standard InChI is InChI=1S/C21H20N4O3/c1-25-19(23)24-21(28-25)12-20(7-8-26-13-20)27-18-6-5-16(10-17(18)21)15-4-2-3-14(9-15)11-22/h2-6,9-10H,7-8,12-13H2,1H3,(H2,23,24)/t20-,21?/m1/s1. The number of hydrogen-bond acceptors (Lipinski definition) is 7. The highest BCUT2D eigenvalue weighted by Gasteiger charge is 2.55. The largest absolute Gasteiger partial charge is 0.484 e. The minimum absolute atomic E-state index is 0.332. The van der Waals surface area contributed by atoms with Crippen molar-refractivity contribution in [2.75, 3.05) is 20.3 Å². The summed E-state index contributed by atoms with van der Waals surface area (Å²) >= 11 is 0. The average molecular weight is 376 g/mol. The zero-order chi connectivity index (χ0) is 19.4. The summed E-state index contributed by atoms with van der Waals surface area (Å²) in [5.74, 6) is 1.06. The molecule has 3 aliphatic heterocycles. The number of hydrogen-bond donors (Lipinski definition) is 1. The molecule has 0 aliphatic carbocycles. The number of aliphatic imine (C=N–C) groups is 1. The first-order chi connectivity index (χ1) is 13.5. The number of benzene rings is 2. The van der Waals surface area contributed by atoms with E-state index in [0.29, 0.717) is 31.2 Å². The maximum Gasteiger partial charge on any atom is 0.222 e. The van der Waals surface area contributed by atoms with Gasteiger partial charge in [-0.2, -0.15) is 5.26 Å². The van der Waals surface area contributed by atoms with Gasteiger partial charge >= 0.3 is 0 Å². The number of guanidine groups is 1. The normalized spacial score (nSPS) is 28.1. The number of nitrogens with two attached hydrogens (primary N) is 1. The smallest absolute Gasteiger partial charge is 0.222 e. The Bertz CT molecular complexity index is 1020. The van der Waals surface area contributed by atoms with Gasteiger partial charge in [-0.1, -0.05) is 18.2 Å². The molecule has 2 spiro atoms. The molecule has 28 heavy (non-hydrogen) atoms. The highest BCUT2D eigenvalue weighted by Crippen LogP contribution is 2.52. The third kappa shape index (κ3) is 2.53. The lowest BCUT2D eigenvalue weighted by atomic mass is 9.83. The molecule has 1 saturated heterocycles. The van der Waals surface area contributed by atoms with E-state index >= 15 is 0 Å². The van der Waals surface area contributed by atoms with E-state index < -0.39 is 11.3 Å². The Morgan fingerprint density at radius 3 is 2.79 bits per heavy atom. The van der Waals surface area contributed by atoms with Gasteiger partial charge in [-0.3, -0.25) is 0 Å². The van der Waals surface area contributed by atoms with Crippen LogP contribution in [0, 0.1) is 11.3 Å². The van der Waals surface area contributed by atoms with Crippen LogP contribution in [0.5, 0.6) is 5.75 Å². The number of ether oxygens (including phenoxy) is 2. The lowest BCUT2D eigenvalue weighted by Crippen LogP contribution is -2.49. The third-order valence-electron chi connectivity index (χ3n) is 5.59. The second kappa shape index (κ2) is 5.96. The predicted octanol–water partition coefficient (Wildman–Crippen LogP) is 2.51. The summed E-state index contributed by atoms with van der Waals surface area (Å²) < 4.78 is 12.0. The molecule has 1 unspecified atom stereocenters. The van der Waals surface area contributed by atoms with Gasteiger partial charge in [0.1, 0.15) is 11.4 Å². The highest BCUT2D eigenvalue weighted by atomic mass is 16.7. The second-order valence-corrected chi connectivity index (χ2v) is 7.51. The Morgan fingerprint density at radius 1 is 1.21 bits per heavy atom. The van der Waals surface area contributed by atoms with E-state index in [0.717, 1.165) is 28.9 Å². The predicted molar refractivity (Wildman–Crippen MR) is 102 cm³/mol. The van der Waals surface area contributed by atoms with Gasteiger partial charge in [-0.15, -0.1) is 0 Å². The lowest BCUT2D eigenvalue weighted by molar-refractivity contribution is -0.203. The Labute approximate surface area is 162 Å². The highest BCUT2D eigenvalue weighted by molar-refractivity contribution is 5.79. The van der Waals surface area contributed by atoms with Crippen LogP contribution in [0.1, 0.15) is 24.0 Å². The molecule has 2 aromatic rings. The van der Waals surface area contributed by atoms with Crippen LogP contribution in [-0.4, -0.2) is 36.9 Å². The molecule has 2 N–H and O–H groups in total. The van der Waals surface area contributed by atoms with E-state index in [9.17, 15) is 5.26 Å². The van der Waals surface area contributed by atoms with Gasteiger partial charge < -0.3 is 15.2 Å². The molecule has 3 aliphatic rings. The summed E-state index contributed by atoms with van der Waals surface area (Å²) in [5, 5.41) is 10.7. The fourth-order valence-corrected chi connectivity index (χ4v) is 4.21. The maximum atomic E-state index is 9.21. The summed E-state index contributed by atoms with van der Waals surface area (Å²) in [5.41, 5.74) is 8.00. The van der Waals surface area contributed by atoms with Crippen LogP contribution in [0.15, 0.2) is 47.5 Å². The van der Waals surface area contributed by atoms with E-state index in [2.05, 4.69) is 6.07 Å². The SMILES string of the molecule is CN1OC2(C[C@@]3(CCOC3)Oc3ccc(-c4cccc(C#N)c4)cc32)N=C1N. The summed E-state index contributed by atoms with van der Waals surface area (Å²) in [6.07, 6.45) is 1.31. The minimum Gasteiger partial charge on any atom is -0.484 e. The van der Waals surface area contributed by atoms with Crippen LogP contribution < -0.4 is 10.5 Å². The maximum absolute atomic E-state index is 9.21. The minimum atomic E-state index is -0.942. The summed E-state index contributed by atoms with van der Waals surface area (Å²) in [7, 11) is 1.75. The van der Waals surface area contributed by atoms with Gasteiger partial charge in [0.15, 0.2) is 0 Å².